The van der Waals surface area contributed by atoms with Crippen LogP contribution in [0.3, 0.4) is 0 Å². The second kappa shape index (κ2) is 8.79. The molecule has 0 aliphatic carbocycles. The van der Waals surface area contributed by atoms with Gasteiger partial charge in [0.05, 0.1) is 11.5 Å². The highest BCUT2D eigenvalue weighted by Gasteiger charge is 2.12. The molecule has 3 rings (SSSR count). The van der Waals surface area contributed by atoms with E-state index >= 15 is 0 Å². The van der Waals surface area contributed by atoms with E-state index in [2.05, 4.69) is 5.32 Å². The van der Waals surface area contributed by atoms with Crippen LogP contribution in [0.5, 0.6) is 17.2 Å². The number of hydrogen-bond donors (Lipinski definition) is 1. The number of ether oxygens (including phenoxy) is 2. The number of nitrogens with one attached hydrogen (secondary N) is 1. The highest BCUT2D eigenvalue weighted by Crippen LogP contribution is 2.25. The standard InChI is InChI=1S/C22H21NO5S/c1-3-27-18-11-13-20(14-12-18)28-19-9-7-17(8-10-19)23-22(24)16-5-4-6-21(15-16)29(2,25)26/h4-15H,3H2,1-2H3,(H,23,24). The van der Waals surface area contributed by atoms with E-state index in [0.717, 1.165) is 12.0 Å². The van der Waals surface area contributed by atoms with Gasteiger partial charge in [0.25, 0.3) is 5.91 Å². The third-order valence-electron chi connectivity index (χ3n) is 4.01. The molecule has 0 heterocycles. The average Bonchev–Trinajstić information content (AvgIpc) is 2.70. The Morgan fingerprint density at radius 3 is 2.07 bits per heavy atom. The lowest BCUT2D eigenvalue weighted by molar-refractivity contribution is 0.102. The SMILES string of the molecule is CCOc1ccc(Oc2ccc(NC(=O)c3cccc(S(C)(=O)=O)c3)cc2)cc1. The van der Waals surface area contributed by atoms with Gasteiger partial charge in [-0.3, -0.25) is 4.79 Å². The monoisotopic (exact) mass is 411 g/mol. The van der Waals surface area contributed by atoms with Gasteiger partial charge in [0.1, 0.15) is 17.2 Å². The first-order valence-corrected chi connectivity index (χ1v) is 10.9. The van der Waals surface area contributed by atoms with Crippen LogP contribution in [-0.2, 0) is 9.84 Å². The fraction of sp³-hybridized carbons (Fsp3) is 0.136. The summed E-state index contributed by atoms with van der Waals surface area (Å²) in [6.45, 7) is 2.53. The summed E-state index contributed by atoms with van der Waals surface area (Å²) in [6.07, 6.45) is 1.10. The number of rotatable bonds is 7. The predicted molar refractivity (Wildman–Crippen MR) is 112 cm³/mol. The molecule has 0 aliphatic rings. The topological polar surface area (TPSA) is 81.7 Å². The van der Waals surface area contributed by atoms with Crippen LogP contribution in [0, 0.1) is 0 Å². The van der Waals surface area contributed by atoms with E-state index in [4.69, 9.17) is 9.47 Å². The number of hydrogen-bond acceptors (Lipinski definition) is 5. The molecule has 0 saturated heterocycles. The highest BCUT2D eigenvalue weighted by atomic mass is 32.2. The van der Waals surface area contributed by atoms with E-state index in [-0.39, 0.29) is 10.5 Å². The number of carbonyl (C=O) groups excluding carboxylic acids is 1. The Kier molecular flexibility index (Phi) is 6.19. The molecule has 0 atom stereocenters. The van der Waals surface area contributed by atoms with Crippen LogP contribution in [0.4, 0.5) is 5.69 Å². The summed E-state index contributed by atoms with van der Waals surface area (Å²) in [5, 5.41) is 2.74. The molecule has 6 nitrogen and oxygen atoms in total. The van der Waals surface area contributed by atoms with Crippen molar-refractivity contribution in [1.82, 2.24) is 0 Å². The van der Waals surface area contributed by atoms with Crippen molar-refractivity contribution in [2.45, 2.75) is 11.8 Å². The molecule has 0 radical (unpaired) electrons. The molecule has 150 valence electrons. The molecule has 3 aromatic rings. The first kappa shape index (κ1) is 20.4. The Hall–Kier alpha value is -3.32. The number of carbonyl (C=O) groups is 1. The summed E-state index contributed by atoms with van der Waals surface area (Å²) in [6, 6.07) is 20.1. The summed E-state index contributed by atoms with van der Waals surface area (Å²) in [5.41, 5.74) is 0.835. The van der Waals surface area contributed by atoms with Gasteiger partial charge in [0, 0.05) is 17.5 Å². The molecule has 1 N–H and O–H groups in total. The minimum atomic E-state index is -3.38. The van der Waals surface area contributed by atoms with Gasteiger partial charge in [0.15, 0.2) is 9.84 Å². The fourth-order valence-corrected chi connectivity index (χ4v) is 3.25. The molecule has 0 unspecified atom stereocenters. The van der Waals surface area contributed by atoms with Crippen molar-refractivity contribution in [3.05, 3.63) is 78.4 Å². The largest absolute Gasteiger partial charge is 0.494 e. The van der Waals surface area contributed by atoms with Crippen LogP contribution in [0.25, 0.3) is 0 Å². The minimum Gasteiger partial charge on any atom is -0.494 e. The van der Waals surface area contributed by atoms with E-state index in [0.29, 0.717) is 23.8 Å². The van der Waals surface area contributed by atoms with Crippen molar-refractivity contribution in [2.24, 2.45) is 0 Å². The van der Waals surface area contributed by atoms with Gasteiger partial charge in [-0.1, -0.05) is 6.07 Å². The van der Waals surface area contributed by atoms with E-state index < -0.39 is 15.7 Å². The minimum absolute atomic E-state index is 0.101. The molecule has 0 bridgehead atoms. The first-order chi connectivity index (χ1) is 13.8. The fourth-order valence-electron chi connectivity index (χ4n) is 2.58. The second-order valence-corrected chi connectivity index (χ2v) is 8.30. The number of benzene rings is 3. The molecule has 0 fully saturated rings. The molecule has 0 aromatic heterocycles. The lowest BCUT2D eigenvalue weighted by Gasteiger charge is -2.09. The van der Waals surface area contributed by atoms with Gasteiger partial charge in [-0.2, -0.15) is 0 Å². The van der Waals surface area contributed by atoms with Crippen molar-refractivity contribution in [3.63, 3.8) is 0 Å². The van der Waals surface area contributed by atoms with E-state index in [1.54, 1.807) is 36.4 Å². The molecule has 1 amide bonds. The quantitative estimate of drug-likeness (QED) is 0.618. The molecule has 0 aliphatic heterocycles. The Morgan fingerprint density at radius 2 is 1.48 bits per heavy atom. The van der Waals surface area contributed by atoms with Crippen molar-refractivity contribution in [1.29, 1.82) is 0 Å². The van der Waals surface area contributed by atoms with Crippen molar-refractivity contribution < 1.29 is 22.7 Å². The van der Waals surface area contributed by atoms with Crippen LogP contribution >= 0.6 is 0 Å². The summed E-state index contributed by atoms with van der Waals surface area (Å²) < 4.78 is 34.5. The first-order valence-electron chi connectivity index (χ1n) is 8.97. The molecule has 3 aromatic carbocycles. The van der Waals surface area contributed by atoms with E-state index in [9.17, 15) is 13.2 Å². The van der Waals surface area contributed by atoms with Gasteiger partial charge in [-0.15, -0.1) is 0 Å². The summed E-state index contributed by atoms with van der Waals surface area (Å²) in [4.78, 5) is 12.5. The summed E-state index contributed by atoms with van der Waals surface area (Å²) in [7, 11) is -3.38. The van der Waals surface area contributed by atoms with Crippen molar-refractivity contribution in [2.75, 3.05) is 18.2 Å². The van der Waals surface area contributed by atoms with Gasteiger partial charge in [-0.05, 0) is 73.7 Å². The number of sulfone groups is 1. The van der Waals surface area contributed by atoms with Crippen LogP contribution < -0.4 is 14.8 Å². The predicted octanol–water partition coefficient (Wildman–Crippen LogP) is 4.53. The maximum atomic E-state index is 12.4. The Labute approximate surface area is 170 Å². The Bertz CT molecular complexity index is 1090. The van der Waals surface area contributed by atoms with Crippen LogP contribution in [0.1, 0.15) is 17.3 Å². The van der Waals surface area contributed by atoms with Gasteiger partial charge >= 0.3 is 0 Å². The van der Waals surface area contributed by atoms with E-state index in [1.165, 1.54) is 12.1 Å². The lowest BCUT2D eigenvalue weighted by Crippen LogP contribution is -2.12. The summed E-state index contributed by atoms with van der Waals surface area (Å²) in [5.74, 6) is 1.67. The molecule has 29 heavy (non-hydrogen) atoms. The van der Waals surface area contributed by atoms with Gasteiger partial charge in [0.2, 0.25) is 0 Å². The summed E-state index contributed by atoms with van der Waals surface area (Å²) >= 11 is 0. The van der Waals surface area contributed by atoms with Gasteiger partial charge in [-0.25, -0.2) is 8.42 Å². The molecular weight excluding hydrogens is 390 g/mol. The third-order valence-corrected chi connectivity index (χ3v) is 5.12. The zero-order valence-electron chi connectivity index (χ0n) is 16.1. The molecule has 7 heteroatoms. The molecular formula is C22H21NO5S. The van der Waals surface area contributed by atoms with Crippen LogP contribution in [-0.4, -0.2) is 27.2 Å². The third kappa shape index (κ3) is 5.58. The average molecular weight is 411 g/mol. The normalized spacial score (nSPS) is 11.0. The molecule has 0 spiro atoms. The van der Waals surface area contributed by atoms with Crippen molar-refractivity contribution in [3.8, 4) is 17.2 Å². The second-order valence-electron chi connectivity index (χ2n) is 6.28. The molecule has 0 saturated carbocycles. The van der Waals surface area contributed by atoms with E-state index in [1.807, 2.05) is 31.2 Å². The Morgan fingerprint density at radius 1 is 0.897 bits per heavy atom. The highest BCUT2D eigenvalue weighted by molar-refractivity contribution is 7.90. The zero-order chi connectivity index (χ0) is 20.9. The maximum Gasteiger partial charge on any atom is 0.255 e. The zero-order valence-corrected chi connectivity index (χ0v) is 16.9. The Balaban J connectivity index is 1.65. The number of anilines is 1. The van der Waals surface area contributed by atoms with Crippen molar-refractivity contribution >= 4 is 21.4 Å². The van der Waals surface area contributed by atoms with Gasteiger partial charge < -0.3 is 14.8 Å². The number of amides is 1. The van der Waals surface area contributed by atoms with Crippen LogP contribution in [0.2, 0.25) is 0 Å². The smallest absolute Gasteiger partial charge is 0.255 e. The van der Waals surface area contributed by atoms with Crippen LogP contribution in [0.15, 0.2) is 77.7 Å². The lowest BCUT2D eigenvalue weighted by atomic mass is 10.2. The maximum absolute atomic E-state index is 12.4.